The summed E-state index contributed by atoms with van der Waals surface area (Å²) in [5.74, 6) is 1.95. The summed E-state index contributed by atoms with van der Waals surface area (Å²) in [7, 11) is 0. The number of fused-ring (bicyclic) bond motifs is 6. The van der Waals surface area contributed by atoms with Crippen molar-refractivity contribution in [1.29, 1.82) is 0 Å². The second-order valence-electron chi connectivity index (χ2n) is 9.15. The zero-order valence-corrected chi connectivity index (χ0v) is 15.1. The number of piperidine rings is 4. The van der Waals surface area contributed by atoms with E-state index in [9.17, 15) is 0 Å². The Morgan fingerprint density at radius 3 is 2.75 bits per heavy atom. The molecule has 5 atom stereocenters. The van der Waals surface area contributed by atoms with E-state index < -0.39 is 0 Å². The molecule has 0 N–H and O–H groups in total. The molecule has 0 unspecified atom stereocenters. The van der Waals surface area contributed by atoms with Gasteiger partial charge in [-0.05, 0) is 45.1 Å². The molecule has 2 bridgehead atoms. The first-order chi connectivity index (χ1) is 11.8. The van der Waals surface area contributed by atoms with E-state index in [1.807, 2.05) is 0 Å². The summed E-state index contributed by atoms with van der Waals surface area (Å²) in [5.41, 5.74) is 1.57. The lowest BCUT2D eigenvalue weighted by Crippen LogP contribution is -2.71. The minimum atomic E-state index is 0.920. The van der Waals surface area contributed by atoms with Crippen molar-refractivity contribution >= 4 is 0 Å². The largest absolute Gasteiger partial charge is 0.317 e. The van der Waals surface area contributed by atoms with E-state index in [1.54, 1.807) is 12.0 Å². The molecule has 130 valence electrons. The molecule has 1 aromatic carbocycles. The van der Waals surface area contributed by atoms with Crippen molar-refractivity contribution in [3.63, 3.8) is 0 Å². The first-order valence-corrected chi connectivity index (χ1v) is 10.5. The van der Waals surface area contributed by atoms with Crippen LogP contribution in [0.4, 0.5) is 0 Å². The van der Waals surface area contributed by atoms with Crippen LogP contribution in [0.5, 0.6) is 0 Å². The van der Waals surface area contributed by atoms with Crippen LogP contribution in [-0.4, -0.2) is 47.6 Å². The molecule has 0 saturated carbocycles. The number of quaternary nitrogens is 1. The third kappa shape index (κ3) is 2.54. The quantitative estimate of drug-likeness (QED) is 0.741. The minimum absolute atomic E-state index is 0.920. The molecule has 4 saturated heterocycles. The maximum atomic E-state index is 2.91. The van der Waals surface area contributed by atoms with Crippen molar-refractivity contribution in [2.24, 2.45) is 11.8 Å². The Kier molecular flexibility index (Phi) is 3.94. The predicted octanol–water partition coefficient (Wildman–Crippen LogP) is 4.06. The molecule has 4 fully saturated rings. The second kappa shape index (κ2) is 6.14. The predicted molar refractivity (Wildman–Crippen MR) is 98.6 cm³/mol. The van der Waals surface area contributed by atoms with Crippen LogP contribution in [0.2, 0.25) is 0 Å². The van der Waals surface area contributed by atoms with Crippen LogP contribution in [0.3, 0.4) is 0 Å². The highest BCUT2D eigenvalue weighted by Gasteiger charge is 2.54. The molecule has 0 aliphatic carbocycles. The molecule has 0 aromatic heterocycles. The maximum absolute atomic E-state index is 2.91. The van der Waals surface area contributed by atoms with Gasteiger partial charge in [0, 0.05) is 30.0 Å². The van der Waals surface area contributed by atoms with Crippen LogP contribution in [0.1, 0.15) is 50.5 Å². The number of rotatable bonds is 2. The Balaban J connectivity index is 1.46. The summed E-state index contributed by atoms with van der Waals surface area (Å²) in [4.78, 5) is 2.91. The fourth-order valence-electron chi connectivity index (χ4n) is 6.98. The molecule has 4 aliphatic heterocycles. The van der Waals surface area contributed by atoms with E-state index in [0.29, 0.717) is 0 Å². The molecule has 1 aromatic rings. The van der Waals surface area contributed by atoms with Gasteiger partial charge in [0.15, 0.2) is 0 Å². The molecule has 0 radical (unpaired) electrons. The Labute approximate surface area is 147 Å². The third-order valence-corrected chi connectivity index (χ3v) is 7.82. The molecular weight excluding hydrogens is 292 g/mol. The molecule has 2 nitrogen and oxygen atoms in total. The number of hydrogen-bond donors (Lipinski definition) is 0. The molecule has 5 rings (SSSR count). The Morgan fingerprint density at radius 1 is 0.958 bits per heavy atom. The van der Waals surface area contributed by atoms with Gasteiger partial charge in [0.1, 0.15) is 6.54 Å². The van der Waals surface area contributed by atoms with Crippen LogP contribution >= 0.6 is 0 Å². The van der Waals surface area contributed by atoms with Gasteiger partial charge in [0.2, 0.25) is 0 Å². The maximum Gasteiger partial charge on any atom is 0.105 e. The van der Waals surface area contributed by atoms with Gasteiger partial charge in [-0.15, -0.1) is 0 Å². The van der Waals surface area contributed by atoms with Crippen molar-refractivity contribution in [3.8, 4) is 0 Å². The van der Waals surface area contributed by atoms with Gasteiger partial charge in [0.25, 0.3) is 0 Å². The highest BCUT2D eigenvalue weighted by Crippen LogP contribution is 2.47. The fraction of sp³-hybridized carbons (Fsp3) is 0.727. The van der Waals surface area contributed by atoms with Gasteiger partial charge in [-0.1, -0.05) is 36.8 Å². The normalized spacial score (nSPS) is 42.2. The zero-order chi connectivity index (χ0) is 16.0. The third-order valence-electron chi connectivity index (χ3n) is 7.82. The molecule has 24 heavy (non-hydrogen) atoms. The van der Waals surface area contributed by atoms with Crippen molar-refractivity contribution in [3.05, 3.63) is 35.9 Å². The van der Waals surface area contributed by atoms with E-state index >= 15 is 0 Å². The second-order valence-corrected chi connectivity index (χ2v) is 9.15. The lowest BCUT2D eigenvalue weighted by Gasteiger charge is -2.61. The van der Waals surface area contributed by atoms with Gasteiger partial charge < -0.3 is 4.48 Å². The smallest absolute Gasteiger partial charge is 0.105 e. The van der Waals surface area contributed by atoms with Gasteiger partial charge in [0.05, 0.1) is 19.1 Å². The molecule has 2 heteroatoms. The van der Waals surface area contributed by atoms with Crippen molar-refractivity contribution < 1.29 is 4.48 Å². The van der Waals surface area contributed by atoms with Crippen LogP contribution < -0.4 is 0 Å². The zero-order valence-electron chi connectivity index (χ0n) is 15.1. The minimum Gasteiger partial charge on any atom is -0.317 e. The Hall–Kier alpha value is -0.860. The van der Waals surface area contributed by atoms with Gasteiger partial charge in [-0.2, -0.15) is 0 Å². The monoisotopic (exact) mass is 325 g/mol. The van der Waals surface area contributed by atoms with Crippen LogP contribution in [0.25, 0.3) is 0 Å². The highest BCUT2D eigenvalue weighted by molar-refractivity contribution is 5.14. The van der Waals surface area contributed by atoms with Crippen molar-refractivity contribution in [2.75, 3.05) is 26.2 Å². The SMILES string of the molecule is c1ccc(C[N@+]23CCCC[C@H]2[C@H]2C[C@@H](C3)[C@H]3CCCCN3C2)cc1. The Morgan fingerprint density at radius 2 is 1.83 bits per heavy atom. The number of hydrogen-bond acceptors (Lipinski definition) is 1. The first kappa shape index (κ1) is 15.4. The van der Waals surface area contributed by atoms with Crippen LogP contribution in [0, 0.1) is 11.8 Å². The molecule has 4 aliphatic rings. The average Bonchev–Trinajstić information content (AvgIpc) is 2.62. The van der Waals surface area contributed by atoms with E-state index in [1.165, 1.54) is 75.7 Å². The topological polar surface area (TPSA) is 3.24 Å². The lowest BCUT2D eigenvalue weighted by atomic mass is 9.69. The summed E-state index contributed by atoms with van der Waals surface area (Å²) in [6, 6.07) is 13.2. The summed E-state index contributed by atoms with van der Waals surface area (Å²) in [6.45, 7) is 7.02. The highest BCUT2D eigenvalue weighted by atomic mass is 15.4. The number of benzene rings is 1. The summed E-state index contributed by atoms with van der Waals surface area (Å²) < 4.78 is 1.43. The first-order valence-electron chi connectivity index (χ1n) is 10.5. The lowest BCUT2D eigenvalue weighted by molar-refractivity contribution is -0.980. The van der Waals surface area contributed by atoms with E-state index in [2.05, 4.69) is 35.2 Å². The molecule has 0 amide bonds. The van der Waals surface area contributed by atoms with Gasteiger partial charge in [-0.3, -0.25) is 4.90 Å². The van der Waals surface area contributed by atoms with E-state index in [4.69, 9.17) is 0 Å². The van der Waals surface area contributed by atoms with Crippen molar-refractivity contribution in [2.45, 2.75) is 63.6 Å². The van der Waals surface area contributed by atoms with Gasteiger partial charge >= 0.3 is 0 Å². The van der Waals surface area contributed by atoms with Crippen LogP contribution in [0.15, 0.2) is 30.3 Å². The summed E-state index contributed by atoms with van der Waals surface area (Å²) in [5, 5.41) is 0. The van der Waals surface area contributed by atoms with E-state index in [-0.39, 0.29) is 0 Å². The number of nitrogens with zero attached hydrogens (tertiary/aromatic N) is 2. The van der Waals surface area contributed by atoms with Crippen LogP contribution in [-0.2, 0) is 6.54 Å². The summed E-state index contributed by atoms with van der Waals surface area (Å²) in [6.07, 6.45) is 10.4. The molecular formula is C22H33N2+. The fourth-order valence-corrected chi connectivity index (χ4v) is 6.98. The molecule has 0 spiro atoms. The van der Waals surface area contributed by atoms with E-state index in [0.717, 1.165) is 23.9 Å². The van der Waals surface area contributed by atoms with Gasteiger partial charge in [-0.25, -0.2) is 0 Å². The Bertz CT molecular complexity index is 571. The average molecular weight is 326 g/mol. The summed E-state index contributed by atoms with van der Waals surface area (Å²) >= 11 is 0. The van der Waals surface area contributed by atoms with Crippen molar-refractivity contribution in [1.82, 2.24) is 4.90 Å². The molecule has 4 heterocycles. The standard InChI is InChI=1S/C22H33N2/c1-2-8-18(9-3-1)16-24-13-7-5-11-22(24)19-14-20(17-24)21-10-4-6-12-23(21)15-19/h1-3,8-9,19-22H,4-7,10-17H2/q+1/t19-,20-,21+,22-,24-/m0/s1.